The van der Waals surface area contributed by atoms with Crippen LogP contribution in [0.5, 0.6) is 0 Å². The summed E-state index contributed by atoms with van der Waals surface area (Å²) in [7, 11) is 0. The average molecular weight is 295 g/mol. The molecule has 1 amide bonds. The molecule has 0 aliphatic carbocycles. The van der Waals surface area contributed by atoms with Crippen LogP contribution in [0.25, 0.3) is 6.08 Å². The summed E-state index contributed by atoms with van der Waals surface area (Å²) in [5.41, 5.74) is 2.50. The SMILES string of the molecule is CCc1ccc(C=CC(=O)Nc2ccccc2C(=O)O)cc1. The van der Waals surface area contributed by atoms with Crippen molar-refractivity contribution in [1.29, 1.82) is 0 Å². The predicted octanol–water partition coefficient (Wildman–Crippen LogP) is 3.60. The maximum Gasteiger partial charge on any atom is 0.337 e. The first kappa shape index (κ1) is 15.5. The standard InChI is InChI=1S/C18H17NO3/c1-2-13-7-9-14(10-8-13)11-12-17(20)19-16-6-4-3-5-15(16)18(21)22/h3-12H,2H2,1H3,(H,19,20)(H,21,22). The first-order chi connectivity index (χ1) is 10.6. The van der Waals surface area contributed by atoms with Gasteiger partial charge in [-0.1, -0.05) is 43.3 Å². The molecule has 0 aromatic heterocycles. The van der Waals surface area contributed by atoms with Gasteiger partial charge >= 0.3 is 5.97 Å². The van der Waals surface area contributed by atoms with Crippen molar-refractivity contribution >= 4 is 23.6 Å². The quantitative estimate of drug-likeness (QED) is 0.828. The zero-order valence-corrected chi connectivity index (χ0v) is 12.2. The van der Waals surface area contributed by atoms with Gasteiger partial charge in [0, 0.05) is 6.08 Å². The Bertz CT molecular complexity index is 703. The van der Waals surface area contributed by atoms with Gasteiger partial charge in [-0.05, 0) is 35.8 Å². The molecule has 0 saturated heterocycles. The summed E-state index contributed by atoms with van der Waals surface area (Å²) in [5.74, 6) is -1.44. The second-order valence-corrected chi connectivity index (χ2v) is 4.77. The molecule has 0 saturated carbocycles. The van der Waals surface area contributed by atoms with E-state index in [9.17, 15) is 9.59 Å². The minimum atomic E-state index is -1.07. The van der Waals surface area contributed by atoms with Crippen LogP contribution in [0, 0.1) is 0 Å². The van der Waals surface area contributed by atoms with Crippen molar-refractivity contribution < 1.29 is 14.7 Å². The molecular formula is C18H17NO3. The van der Waals surface area contributed by atoms with Crippen LogP contribution in [0.4, 0.5) is 5.69 Å². The Kier molecular flexibility index (Phi) is 5.09. The minimum Gasteiger partial charge on any atom is -0.478 e. The second-order valence-electron chi connectivity index (χ2n) is 4.77. The summed E-state index contributed by atoms with van der Waals surface area (Å²) >= 11 is 0. The van der Waals surface area contributed by atoms with E-state index in [1.807, 2.05) is 24.3 Å². The number of carboxylic acid groups (broad SMARTS) is 1. The van der Waals surface area contributed by atoms with Gasteiger partial charge in [-0.2, -0.15) is 0 Å². The molecule has 0 bridgehead atoms. The van der Waals surface area contributed by atoms with E-state index in [0.717, 1.165) is 12.0 Å². The van der Waals surface area contributed by atoms with Crippen molar-refractivity contribution in [2.45, 2.75) is 13.3 Å². The van der Waals surface area contributed by atoms with Crippen LogP contribution in [0.15, 0.2) is 54.6 Å². The number of aromatic carboxylic acids is 1. The Morgan fingerprint density at radius 1 is 1.09 bits per heavy atom. The second kappa shape index (κ2) is 7.22. The number of aryl methyl sites for hydroxylation is 1. The number of hydrogen-bond acceptors (Lipinski definition) is 2. The molecule has 0 unspecified atom stereocenters. The van der Waals surface area contributed by atoms with Crippen molar-refractivity contribution in [2.75, 3.05) is 5.32 Å². The fourth-order valence-corrected chi connectivity index (χ4v) is 1.99. The van der Waals surface area contributed by atoms with Crippen molar-refractivity contribution in [3.05, 3.63) is 71.3 Å². The fraction of sp³-hybridized carbons (Fsp3) is 0.111. The molecule has 2 aromatic carbocycles. The van der Waals surface area contributed by atoms with Crippen LogP contribution < -0.4 is 5.32 Å². The van der Waals surface area contributed by atoms with E-state index < -0.39 is 5.97 Å². The van der Waals surface area contributed by atoms with Gasteiger partial charge in [0.15, 0.2) is 0 Å². The van der Waals surface area contributed by atoms with Crippen LogP contribution in [0.3, 0.4) is 0 Å². The van der Waals surface area contributed by atoms with Crippen molar-refractivity contribution in [3.63, 3.8) is 0 Å². The van der Waals surface area contributed by atoms with Gasteiger partial charge in [-0.25, -0.2) is 4.79 Å². The minimum absolute atomic E-state index is 0.0662. The Morgan fingerprint density at radius 3 is 2.41 bits per heavy atom. The van der Waals surface area contributed by atoms with E-state index in [1.54, 1.807) is 24.3 Å². The molecule has 0 aliphatic rings. The Morgan fingerprint density at radius 2 is 1.77 bits per heavy atom. The summed E-state index contributed by atoms with van der Waals surface area (Å²) < 4.78 is 0. The van der Waals surface area contributed by atoms with Gasteiger partial charge in [0.2, 0.25) is 5.91 Å². The molecule has 0 radical (unpaired) electrons. The number of carboxylic acids is 1. The Labute approximate surface area is 129 Å². The molecule has 22 heavy (non-hydrogen) atoms. The number of anilines is 1. The predicted molar refractivity (Wildman–Crippen MR) is 86.9 cm³/mol. The number of benzene rings is 2. The number of para-hydroxylation sites is 1. The van der Waals surface area contributed by atoms with Gasteiger partial charge < -0.3 is 10.4 Å². The average Bonchev–Trinajstić information content (AvgIpc) is 2.53. The van der Waals surface area contributed by atoms with Crippen LogP contribution in [0.2, 0.25) is 0 Å². The lowest BCUT2D eigenvalue weighted by Crippen LogP contribution is -2.11. The largest absolute Gasteiger partial charge is 0.478 e. The number of hydrogen-bond donors (Lipinski definition) is 2. The first-order valence-electron chi connectivity index (χ1n) is 7.00. The number of amides is 1. The molecule has 2 rings (SSSR count). The molecule has 0 spiro atoms. The van der Waals surface area contributed by atoms with Gasteiger partial charge in [0.25, 0.3) is 0 Å². The fourth-order valence-electron chi connectivity index (χ4n) is 1.99. The highest BCUT2D eigenvalue weighted by molar-refractivity contribution is 6.06. The molecule has 0 aliphatic heterocycles. The van der Waals surface area contributed by atoms with Crippen LogP contribution in [0.1, 0.15) is 28.4 Å². The molecule has 4 heteroatoms. The van der Waals surface area contributed by atoms with E-state index >= 15 is 0 Å². The van der Waals surface area contributed by atoms with E-state index in [0.29, 0.717) is 0 Å². The van der Waals surface area contributed by atoms with Gasteiger partial charge in [0.1, 0.15) is 0 Å². The third-order valence-electron chi connectivity index (χ3n) is 3.23. The van der Waals surface area contributed by atoms with E-state index in [-0.39, 0.29) is 17.2 Å². The van der Waals surface area contributed by atoms with Gasteiger partial charge in [-0.3, -0.25) is 4.79 Å². The van der Waals surface area contributed by atoms with Crippen LogP contribution in [-0.2, 0) is 11.2 Å². The summed E-state index contributed by atoms with van der Waals surface area (Å²) in [6.45, 7) is 2.08. The van der Waals surface area contributed by atoms with E-state index in [2.05, 4.69) is 12.2 Å². The van der Waals surface area contributed by atoms with Crippen LogP contribution >= 0.6 is 0 Å². The molecular weight excluding hydrogens is 278 g/mol. The van der Waals surface area contributed by atoms with E-state index in [4.69, 9.17) is 5.11 Å². The highest BCUT2D eigenvalue weighted by atomic mass is 16.4. The molecule has 112 valence electrons. The van der Waals surface area contributed by atoms with Crippen molar-refractivity contribution in [3.8, 4) is 0 Å². The molecule has 2 N–H and O–H groups in total. The topological polar surface area (TPSA) is 66.4 Å². The zero-order chi connectivity index (χ0) is 15.9. The van der Waals surface area contributed by atoms with Crippen molar-refractivity contribution in [2.24, 2.45) is 0 Å². The smallest absolute Gasteiger partial charge is 0.337 e. The monoisotopic (exact) mass is 295 g/mol. The summed E-state index contributed by atoms with van der Waals surface area (Å²) in [4.78, 5) is 23.0. The lowest BCUT2D eigenvalue weighted by Gasteiger charge is -2.05. The number of nitrogens with one attached hydrogen (secondary N) is 1. The maximum absolute atomic E-state index is 11.9. The molecule has 0 atom stereocenters. The Hall–Kier alpha value is -2.88. The summed E-state index contributed by atoms with van der Waals surface area (Å²) in [5, 5.41) is 11.6. The molecule has 0 fully saturated rings. The lowest BCUT2D eigenvalue weighted by atomic mass is 10.1. The molecule has 4 nitrogen and oxygen atoms in total. The normalized spacial score (nSPS) is 10.6. The van der Waals surface area contributed by atoms with Crippen molar-refractivity contribution in [1.82, 2.24) is 0 Å². The number of rotatable bonds is 5. The third kappa shape index (κ3) is 4.06. The highest BCUT2D eigenvalue weighted by Gasteiger charge is 2.09. The highest BCUT2D eigenvalue weighted by Crippen LogP contribution is 2.15. The lowest BCUT2D eigenvalue weighted by molar-refractivity contribution is -0.111. The summed E-state index contributed by atoms with van der Waals surface area (Å²) in [6.07, 6.45) is 4.05. The molecule has 0 heterocycles. The summed E-state index contributed by atoms with van der Waals surface area (Å²) in [6, 6.07) is 14.2. The Balaban J connectivity index is 2.06. The van der Waals surface area contributed by atoms with Gasteiger partial charge in [0.05, 0.1) is 11.3 Å². The third-order valence-corrected chi connectivity index (χ3v) is 3.23. The van der Waals surface area contributed by atoms with Crippen LogP contribution in [-0.4, -0.2) is 17.0 Å². The first-order valence-corrected chi connectivity index (χ1v) is 7.00. The number of carbonyl (C=O) groups is 2. The zero-order valence-electron chi connectivity index (χ0n) is 12.2. The maximum atomic E-state index is 11.9. The van der Waals surface area contributed by atoms with Gasteiger partial charge in [-0.15, -0.1) is 0 Å². The number of carbonyl (C=O) groups excluding carboxylic acids is 1. The van der Waals surface area contributed by atoms with E-state index in [1.165, 1.54) is 17.7 Å². The molecule has 2 aromatic rings.